The third kappa shape index (κ3) is 3.73. The van der Waals surface area contributed by atoms with Gasteiger partial charge in [0.25, 0.3) is 0 Å². The zero-order valence-corrected chi connectivity index (χ0v) is 9.95. The molecule has 1 aromatic rings. The summed E-state index contributed by atoms with van der Waals surface area (Å²) in [5, 5.41) is 3.88. The van der Waals surface area contributed by atoms with Crippen LogP contribution in [0.3, 0.4) is 0 Å². The van der Waals surface area contributed by atoms with Crippen molar-refractivity contribution in [2.24, 2.45) is 0 Å². The van der Waals surface area contributed by atoms with Crippen LogP contribution >= 0.6 is 0 Å². The molecule has 102 valence electrons. The molecule has 0 atom stereocenters. The molecule has 0 saturated carbocycles. The molecule has 5 nitrogen and oxygen atoms in total. The van der Waals surface area contributed by atoms with Crippen molar-refractivity contribution in [3.8, 4) is 5.75 Å². The van der Waals surface area contributed by atoms with E-state index in [2.05, 4.69) is 9.84 Å². The van der Waals surface area contributed by atoms with E-state index in [4.69, 9.17) is 4.74 Å². The summed E-state index contributed by atoms with van der Waals surface area (Å²) in [6.45, 7) is 0.0341. The Morgan fingerprint density at radius 2 is 2.17 bits per heavy atom. The van der Waals surface area contributed by atoms with Crippen LogP contribution in [0.4, 0.5) is 13.2 Å². The Bertz CT molecular complexity index is 393. The molecule has 0 amide bonds. The van der Waals surface area contributed by atoms with E-state index in [1.165, 1.54) is 18.0 Å². The van der Waals surface area contributed by atoms with Crippen LogP contribution in [0.1, 0.15) is 17.4 Å². The molecule has 1 heterocycles. The Kier molecular flexibility index (Phi) is 4.71. The Labute approximate surface area is 101 Å². The van der Waals surface area contributed by atoms with Crippen molar-refractivity contribution in [3.05, 3.63) is 11.9 Å². The topological polar surface area (TPSA) is 53.4 Å². The predicted molar refractivity (Wildman–Crippen MR) is 55.7 cm³/mol. The largest absolute Gasteiger partial charge is 0.493 e. The fourth-order valence-corrected chi connectivity index (χ4v) is 1.37. The maximum absolute atomic E-state index is 11.9. The molecule has 18 heavy (non-hydrogen) atoms. The number of aryl methyl sites for hydroxylation is 1. The quantitative estimate of drug-likeness (QED) is 0.735. The van der Waals surface area contributed by atoms with Crippen molar-refractivity contribution in [2.45, 2.75) is 19.6 Å². The first-order valence-electron chi connectivity index (χ1n) is 5.16. The van der Waals surface area contributed by atoms with E-state index in [1.54, 1.807) is 6.92 Å². The molecule has 0 aliphatic rings. The number of alkyl halides is 3. The van der Waals surface area contributed by atoms with Gasteiger partial charge in [-0.15, -0.1) is 0 Å². The molecule has 0 aromatic carbocycles. The minimum absolute atomic E-state index is 0.113. The van der Waals surface area contributed by atoms with Gasteiger partial charge in [0.1, 0.15) is 18.9 Å². The molecule has 8 heteroatoms. The Morgan fingerprint density at radius 3 is 2.67 bits per heavy atom. The van der Waals surface area contributed by atoms with Crippen molar-refractivity contribution in [2.75, 3.05) is 20.3 Å². The second kappa shape index (κ2) is 5.85. The number of ether oxygens (including phenoxy) is 2. The summed E-state index contributed by atoms with van der Waals surface area (Å²) in [6.07, 6.45) is -3.12. The van der Waals surface area contributed by atoms with Crippen LogP contribution in [0.15, 0.2) is 6.20 Å². The highest BCUT2D eigenvalue weighted by Crippen LogP contribution is 2.19. The van der Waals surface area contributed by atoms with Crippen LogP contribution in [-0.2, 0) is 11.3 Å². The fourth-order valence-electron chi connectivity index (χ4n) is 1.37. The Balaban J connectivity index is 2.69. The van der Waals surface area contributed by atoms with Gasteiger partial charge in [-0.1, -0.05) is 0 Å². The number of halogens is 3. The number of nitrogens with zero attached hydrogens (tertiary/aromatic N) is 2. The standard InChI is InChI=1S/C10H13F3N2O3/c1-3-15-9(8(17-2)4-14-15)7(16)5-18-6-10(11,12)13/h4H,3,5-6H2,1-2H3. The fraction of sp³-hybridized carbons (Fsp3) is 0.600. The van der Waals surface area contributed by atoms with Crippen molar-refractivity contribution < 1.29 is 27.4 Å². The molecule has 1 aromatic heterocycles. The van der Waals surface area contributed by atoms with Gasteiger partial charge in [0.2, 0.25) is 5.78 Å². The highest BCUT2D eigenvalue weighted by atomic mass is 19.4. The van der Waals surface area contributed by atoms with Gasteiger partial charge in [-0.3, -0.25) is 9.48 Å². The first kappa shape index (κ1) is 14.5. The number of carbonyl (C=O) groups excluding carboxylic acids is 1. The summed E-state index contributed by atoms with van der Waals surface area (Å²) in [7, 11) is 1.35. The van der Waals surface area contributed by atoms with Crippen LogP contribution in [-0.4, -0.2) is 42.1 Å². The third-order valence-corrected chi connectivity index (χ3v) is 2.09. The van der Waals surface area contributed by atoms with E-state index in [1.807, 2.05) is 0 Å². The molecular formula is C10H13F3N2O3. The van der Waals surface area contributed by atoms with Gasteiger partial charge in [-0.2, -0.15) is 18.3 Å². The number of rotatable bonds is 6. The highest BCUT2D eigenvalue weighted by Gasteiger charge is 2.28. The van der Waals surface area contributed by atoms with Gasteiger partial charge < -0.3 is 9.47 Å². The summed E-state index contributed by atoms with van der Waals surface area (Å²) in [5.41, 5.74) is 0.113. The normalized spacial score (nSPS) is 11.6. The van der Waals surface area contributed by atoms with E-state index >= 15 is 0 Å². The maximum atomic E-state index is 11.9. The molecule has 1 rings (SSSR count). The number of aromatic nitrogens is 2. The Hall–Kier alpha value is -1.57. The average molecular weight is 266 g/mol. The molecule has 0 fully saturated rings. The van der Waals surface area contributed by atoms with Crippen molar-refractivity contribution in [1.29, 1.82) is 0 Å². The van der Waals surface area contributed by atoms with Crippen molar-refractivity contribution in [3.63, 3.8) is 0 Å². The summed E-state index contributed by atoms with van der Waals surface area (Å²) < 4.78 is 46.2. The van der Waals surface area contributed by atoms with Crippen LogP contribution in [0.5, 0.6) is 5.75 Å². The zero-order valence-electron chi connectivity index (χ0n) is 9.95. The lowest BCUT2D eigenvalue weighted by atomic mass is 10.3. The molecule has 0 unspecified atom stereocenters. The molecular weight excluding hydrogens is 253 g/mol. The number of hydrogen-bond acceptors (Lipinski definition) is 4. The Morgan fingerprint density at radius 1 is 1.50 bits per heavy atom. The van der Waals surface area contributed by atoms with Crippen molar-refractivity contribution >= 4 is 5.78 Å². The summed E-state index contributed by atoms with van der Waals surface area (Å²) in [5.74, 6) is -0.382. The first-order valence-corrected chi connectivity index (χ1v) is 5.16. The lowest BCUT2D eigenvalue weighted by Crippen LogP contribution is -2.22. The second-order valence-electron chi connectivity index (χ2n) is 3.41. The van der Waals surface area contributed by atoms with E-state index in [9.17, 15) is 18.0 Å². The summed E-state index contributed by atoms with van der Waals surface area (Å²) in [6, 6.07) is 0. The zero-order chi connectivity index (χ0) is 13.8. The first-order chi connectivity index (χ1) is 8.39. The smallest absolute Gasteiger partial charge is 0.411 e. The van der Waals surface area contributed by atoms with E-state index < -0.39 is 25.2 Å². The van der Waals surface area contributed by atoms with Crippen LogP contribution in [0.2, 0.25) is 0 Å². The number of ketones is 1. The van der Waals surface area contributed by atoms with E-state index in [0.717, 1.165) is 0 Å². The second-order valence-corrected chi connectivity index (χ2v) is 3.41. The molecule has 0 spiro atoms. The molecule has 0 saturated heterocycles. The molecule has 0 bridgehead atoms. The highest BCUT2D eigenvalue weighted by molar-refractivity contribution is 5.98. The third-order valence-electron chi connectivity index (χ3n) is 2.09. The monoisotopic (exact) mass is 266 g/mol. The van der Waals surface area contributed by atoms with Crippen LogP contribution in [0.25, 0.3) is 0 Å². The van der Waals surface area contributed by atoms with Gasteiger partial charge in [0.15, 0.2) is 5.75 Å². The number of Topliss-reactive ketones (excluding diaryl/α,β-unsaturated/α-hetero) is 1. The number of carbonyl (C=O) groups is 1. The maximum Gasteiger partial charge on any atom is 0.411 e. The van der Waals surface area contributed by atoms with Gasteiger partial charge in [-0.05, 0) is 6.92 Å². The molecule has 0 N–H and O–H groups in total. The number of methoxy groups -OCH3 is 1. The number of hydrogen-bond donors (Lipinski definition) is 0. The average Bonchev–Trinajstić information content (AvgIpc) is 2.69. The SMILES string of the molecule is CCn1ncc(OC)c1C(=O)COCC(F)(F)F. The summed E-state index contributed by atoms with van der Waals surface area (Å²) >= 11 is 0. The van der Waals surface area contributed by atoms with Gasteiger partial charge in [-0.25, -0.2) is 0 Å². The van der Waals surface area contributed by atoms with Gasteiger partial charge >= 0.3 is 6.18 Å². The van der Waals surface area contributed by atoms with Crippen LogP contribution < -0.4 is 4.74 Å². The van der Waals surface area contributed by atoms with Crippen molar-refractivity contribution in [1.82, 2.24) is 9.78 Å². The van der Waals surface area contributed by atoms with E-state index in [-0.39, 0.29) is 11.4 Å². The lowest BCUT2D eigenvalue weighted by molar-refractivity contribution is -0.170. The minimum Gasteiger partial charge on any atom is -0.493 e. The van der Waals surface area contributed by atoms with Gasteiger partial charge in [0, 0.05) is 6.54 Å². The predicted octanol–water partition coefficient (Wildman–Crippen LogP) is 1.67. The molecule has 0 aliphatic heterocycles. The van der Waals surface area contributed by atoms with E-state index in [0.29, 0.717) is 6.54 Å². The van der Waals surface area contributed by atoms with Crippen LogP contribution in [0, 0.1) is 0 Å². The molecule has 0 aliphatic carbocycles. The molecule has 0 radical (unpaired) electrons. The van der Waals surface area contributed by atoms with Gasteiger partial charge in [0.05, 0.1) is 13.3 Å². The lowest BCUT2D eigenvalue weighted by Gasteiger charge is -2.08. The summed E-state index contributed by atoms with van der Waals surface area (Å²) in [4.78, 5) is 11.7. The minimum atomic E-state index is -4.45.